The third-order valence-corrected chi connectivity index (χ3v) is 6.39. The second-order valence-corrected chi connectivity index (χ2v) is 8.73. The van der Waals surface area contributed by atoms with Crippen LogP contribution in [0.15, 0.2) is 47.4 Å². The molecule has 0 aliphatic carbocycles. The summed E-state index contributed by atoms with van der Waals surface area (Å²) >= 11 is 5.64. The maximum Gasteiger partial charge on any atom is 0.339 e. The summed E-state index contributed by atoms with van der Waals surface area (Å²) in [4.78, 5) is 3.05. The first-order chi connectivity index (χ1) is 13.4. The number of hydrogen-bond acceptors (Lipinski definition) is 5. The summed E-state index contributed by atoms with van der Waals surface area (Å²) in [6, 6.07) is 11.7. The zero-order valence-corrected chi connectivity index (χ0v) is 17.8. The highest BCUT2D eigenvalue weighted by Gasteiger charge is 2.21. The lowest BCUT2D eigenvalue weighted by atomic mass is 10.1. The van der Waals surface area contributed by atoms with E-state index >= 15 is 0 Å². The maximum absolute atomic E-state index is 12.6. The average Bonchev–Trinajstić information content (AvgIpc) is 2.70. The third kappa shape index (κ3) is 4.83. The Hall–Kier alpha value is -2.12. The van der Waals surface area contributed by atoms with Crippen LogP contribution in [0.25, 0.3) is 0 Å². The van der Waals surface area contributed by atoms with Gasteiger partial charge < -0.3 is 13.8 Å². The van der Waals surface area contributed by atoms with Gasteiger partial charge in [-0.25, -0.2) is 0 Å². The number of aryl methyl sites for hydroxylation is 1. The number of likely N-dealkylation sites (tertiary alicyclic amines) is 1. The van der Waals surface area contributed by atoms with E-state index in [-0.39, 0.29) is 10.6 Å². The molecule has 1 fully saturated rings. The topological polar surface area (TPSA) is 55.8 Å². The first-order valence-electron chi connectivity index (χ1n) is 9.48. The zero-order chi connectivity index (χ0) is 20.1. The van der Waals surface area contributed by atoms with Crippen molar-refractivity contribution in [1.82, 2.24) is 4.90 Å². The summed E-state index contributed by atoms with van der Waals surface area (Å²) in [5.41, 5.74) is 1.81. The van der Waals surface area contributed by atoms with E-state index in [1.165, 1.54) is 18.6 Å². The highest BCUT2D eigenvalue weighted by Crippen LogP contribution is 2.32. The average molecular weight is 420 g/mol. The number of rotatable bonds is 6. The van der Waals surface area contributed by atoms with E-state index in [1.54, 1.807) is 30.3 Å². The van der Waals surface area contributed by atoms with Gasteiger partial charge in [-0.2, -0.15) is 8.42 Å². The van der Waals surface area contributed by atoms with Gasteiger partial charge in [0.25, 0.3) is 0 Å². The first-order valence-corrected chi connectivity index (χ1v) is 11.3. The molecule has 0 spiro atoms. The molecule has 3 rings (SSSR count). The smallest absolute Gasteiger partial charge is 0.339 e. The van der Waals surface area contributed by atoms with Gasteiger partial charge in [0.1, 0.15) is 9.88 Å². The second-order valence-electron chi connectivity index (χ2n) is 6.80. The van der Waals surface area contributed by atoms with Crippen LogP contribution >= 0.6 is 12.2 Å². The highest BCUT2D eigenvalue weighted by molar-refractivity contribution is 7.87. The van der Waals surface area contributed by atoms with Crippen molar-refractivity contribution in [3.63, 3.8) is 0 Å². The van der Waals surface area contributed by atoms with Crippen molar-refractivity contribution in [3.8, 4) is 11.5 Å². The lowest BCUT2D eigenvalue weighted by Gasteiger charge is -2.29. The van der Waals surface area contributed by atoms with E-state index in [4.69, 9.17) is 21.1 Å². The third-order valence-electron chi connectivity index (χ3n) is 4.64. The van der Waals surface area contributed by atoms with Gasteiger partial charge >= 0.3 is 10.1 Å². The lowest BCUT2D eigenvalue weighted by Crippen LogP contribution is -2.34. The van der Waals surface area contributed by atoms with Crippen molar-refractivity contribution in [2.75, 3.05) is 19.7 Å². The Morgan fingerprint density at radius 1 is 1.04 bits per heavy atom. The number of thiocarbonyl (C=S) groups is 1. The van der Waals surface area contributed by atoms with Gasteiger partial charge in [-0.05, 0) is 63.4 Å². The standard InChI is InChI=1S/C21H25NO4S2/c1-3-25-20-15-17(21(27)22-13-5-4-6-14-22)9-12-19(20)26-28(23,24)18-10-7-16(2)8-11-18/h7-12,15H,3-6,13-14H2,1-2H3. The van der Waals surface area contributed by atoms with Crippen LogP contribution in [0, 0.1) is 6.92 Å². The largest absolute Gasteiger partial charge is 0.490 e. The molecular weight excluding hydrogens is 394 g/mol. The number of hydrogen-bond donors (Lipinski definition) is 0. The molecule has 1 aliphatic heterocycles. The van der Waals surface area contributed by atoms with Crippen LogP contribution in [0.2, 0.25) is 0 Å². The van der Waals surface area contributed by atoms with Gasteiger partial charge in [0.15, 0.2) is 11.5 Å². The fourth-order valence-corrected chi connectivity index (χ4v) is 4.38. The fourth-order valence-electron chi connectivity index (χ4n) is 3.13. The molecule has 150 valence electrons. The van der Waals surface area contributed by atoms with Gasteiger partial charge in [0.2, 0.25) is 0 Å². The van der Waals surface area contributed by atoms with Gasteiger partial charge in [-0.15, -0.1) is 0 Å². The quantitative estimate of drug-likeness (QED) is 0.513. The predicted octanol–water partition coefficient (Wildman–Crippen LogP) is 4.32. The SMILES string of the molecule is CCOc1cc(C(=S)N2CCCCC2)ccc1OS(=O)(=O)c1ccc(C)cc1. The Bertz CT molecular complexity index is 933. The van der Waals surface area contributed by atoms with Gasteiger partial charge in [0, 0.05) is 18.7 Å². The number of benzene rings is 2. The minimum absolute atomic E-state index is 0.105. The Balaban J connectivity index is 1.86. The Morgan fingerprint density at radius 2 is 1.71 bits per heavy atom. The van der Waals surface area contributed by atoms with E-state index in [9.17, 15) is 8.42 Å². The fraction of sp³-hybridized carbons (Fsp3) is 0.381. The van der Waals surface area contributed by atoms with Gasteiger partial charge in [0.05, 0.1) is 6.61 Å². The molecule has 0 unspecified atom stereocenters. The van der Waals surface area contributed by atoms with Crippen LogP contribution in [0.5, 0.6) is 11.5 Å². The molecule has 0 atom stereocenters. The van der Waals surface area contributed by atoms with E-state index in [1.807, 2.05) is 13.8 Å². The molecule has 0 aromatic heterocycles. The van der Waals surface area contributed by atoms with Crippen LogP contribution < -0.4 is 8.92 Å². The molecule has 0 saturated carbocycles. The second kappa shape index (κ2) is 8.92. The normalized spacial score (nSPS) is 14.6. The number of nitrogens with zero attached hydrogens (tertiary/aromatic N) is 1. The van der Waals surface area contributed by atoms with Crippen molar-refractivity contribution in [1.29, 1.82) is 0 Å². The summed E-state index contributed by atoms with van der Waals surface area (Å²) in [7, 11) is -3.95. The molecule has 2 aromatic carbocycles. The number of piperidine rings is 1. The molecule has 1 aliphatic rings. The monoisotopic (exact) mass is 419 g/mol. The zero-order valence-electron chi connectivity index (χ0n) is 16.2. The Labute approximate surface area is 172 Å². The molecular formula is C21H25NO4S2. The molecule has 1 saturated heterocycles. The maximum atomic E-state index is 12.6. The Kier molecular flexibility index (Phi) is 6.57. The molecule has 1 heterocycles. The number of ether oxygens (including phenoxy) is 1. The molecule has 0 radical (unpaired) electrons. The summed E-state index contributed by atoms with van der Waals surface area (Å²) in [6.45, 7) is 6.02. The van der Waals surface area contributed by atoms with Crippen molar-refractivity contribution >= 4 is 27.3 Å². The van der Waals surface area contributed by atoms with Crippen molar-refractivity contribution in [3.05, 3.63) is 53.6 Å². The Morgan fingerprint density at radius 3 is 2.36 bits per heavy atom. The molecule has 28 heavy (non-hydrogen) atoms. The molecule has 5 nitrogen and oxygen atoms in total. The molecule has 7 heteroatoms. The summed E-state index contributed by atoms with van der Waals surface area (Å²) in [6.07, 6.45) is 3.50. The molecule has 0 amide bonds. The first kappa shape index (κ1) is 20.6. The summed E-state index contributed by atoms with van der Waals surface area (Å²) < 4.78 is 36.3. The van der Waals surface area contributed by atoms with E-state index in [0.717, 1.165) is 42.0 Å². The highest BCUT2D eigenvalue weighted by atomic mass is 32.2. The summed E-state index contributed by atoms with van der Waals surface area (Å²) in [5.74, 6) is 0.530. The van der Waals surface area contributed by atoms with Crippen LogP contribution in [-0.4, -0.2) is 38.0 Å². The van der Waals surface area contributed by atoms with Crippen molar-refractivity contribution in [2.45, 2.75) is 38.0 Å². The van der Waals surface area contributed by atoms with Crippen LogP contribution in [-0.2, 0) is 10.1 Å². The van der Waals surface area contributed by atoms with Crippen LogP contribution in [0.1, 0.15) is 37.3 Å². The molecule has 2 aromatic rings. The summed E-state index contributed by atoms with van der Waals surface area (Å²) in [5, 5.41) is 0. The molecule has 0 N–H and O–H groups in total. The minimum Gasteiger partial charge on any atom is -0.490 e. The van der Waals surface area contributed by atoms with Crippen LogP contribution in [0.3, 0.4) is 0 Å². The minimum atomic E-state index is -3.95. The lowest BCUT2D eigenvalue weighted by molar-refractivity contribution is 0.327. The van der Waals surface area contributed by atoms with Gasteiger partial charge in [-0.1, -0.05) is 29.9 Å². The van der Waals surface area contributed by atoms with Crippen molar-refractivity contribution < 1.29 is 17.3 Å². The van der Waals surface area contributed by atoms with E-state index in [0.29, 0.717) is 12.4 Å². The molecule has 0 bridgehead atoms. The van der Waals surface area contributed by atoms with E-state index in [2.05, 4.69) is 4.90 Å². The van der Waals surface area contributed by atoms with Crippen molar-refractivity contribution in [2.24, 2.45) is 0 Å². The predicted molar refractivity (Wildman–Crippen MR) is 114 cm³/mol. The van der Waals surface area contributed by atoms with E-state index < -0.39 is 10.1 Å². The van der Waals surface area contributed by atoms with Gasteiger partial charge in [-0.3, -0.25) is 0 Å². The van der Waals surface area contributed by atoms with Crippen LogP contribution in [0.4, 0.5) is 0 Å².